The highest BCUT2D eigenvalue weighted by molar-refractivity contribution is 5.34. The van der Waals surface area contributed by atoms with Crippen molar-refractivity contribution in [3.8, 4) is 5.75 Å². The molecule has 0 unspecified atom stereocenters. The second-order valence-corrected chi connectivity index (χ2v) is 6.22. The molecule has 0 radical (unpaired) electrons. The van der Waals surface area contributed by atoms with Gasteiger partial charge in [0.05, 0.1) is 19.8 Å². The highest BCUT2D eigenvalue weighted by Gasteiger charge is 2.40. The first-order valence-corrected chi connectivity index (χ1v) is 7.05. The van der Waals surface area contributed by atoms with Gasteiger partial charge in [-0.1, -0.05) is 12.1 Å². The summed E-state index contributed by atoms with van der Waals surface area (Å²) in [4.78, 5) is 0. The van der Waals surface area contributed by atoms with Crippen LogP contribution < -0.4 is 10.5 Å². The number of hydrogen-bond donors (Lipinski definition) is 1. The van der Waals surface area contributed by atoms with Crippen LogP contribution in [0.15, 0.2) is 24.3 Å². The molecule has 1 aromatic carbocycles. The van der Waals surface area contributed by atoms with Crippen LogP contribution in [0.2, 0.25) is 0 Å². The van der Waals surface area contributed by atoms with E-state index in [-0.39, 0.29) is 11.0 Å². The molecule has 1 aromatic rings. The molecule has 0 spiro atoms. The number of rotatable bonds is 6. The third kappa shape index (κ3) is 3.48. The number of benzene rings is 1. The number of nitrogens with two attached hydrogens (primary N) is 1. The topological polar surface area (TPSA) is 44.5 Å². The van der Waals surface area contributed by atoms with Crippen LogP contribution in [0.3, 0.4) is 0 Å². The Kier molecular flexibility index (Phi) is 4.16. The summed E-state index contributed by atoms with van der Waals surface area (Å²) in [6.45, 7) is 8.47. The lowest BCUT2D eigenvalue weighted by molar-refractivity contribution is -0.0669. The van der Waals surface area contributed by atoms with Crippen molar-refractivity contribution in [1.29, 1.82) is 0 Å². The predicted molar refractivity (Wildman–Crippen MR) is 77.6 cm³/mol. The zero-order valence-electron chi connectivity index (χ0n) is 12.2. The van der Waals surface area contributed by atoms with Gasteiger partial charge in [-0.15, -0.1) is 0 Å². The van der Waals surface area contributed by atoms with E-state index in [1.165, 1.54) is 5.56 Å². The minimum Gasteiger partial charge on any atom is -0.494 e. The molecule has 106 valence electrons. The molecule has 2 N–H and O–H groups in total. The van der Waals surface area contributed by atoms with Gasteiger partial charge < -0.3 is 15.2 Å². The van der Waals surface area contributed by atoms with E-state index < -0.39 is 0 Å². The van der Waals surface area contributed by atoms with Crippen LogP contribution in [0.1, 0.15) is 39.2 Å². The van der Waals surface area contributed by atoms with E-state index in [1.807, 2.05) is 19.1 Å². The Balaban J connectivity index is 2.08. The zero-order valence-corrected chi connectivity index (χ0v) is 12.2. The molecule has 1 fully saturated rings. The van der Waals surface area contributed by atoms with Crippen molar-refractivity contribution < 1.29 is 9.47 Å². The lowest BCUT2D eigenvalue weighted by Gasteiger charge is -2.43. The van der Waals surface area contributed by atoms with Crippen molar-refractivity contribution in [3.63, 3.8) is 0 Å². The second kappa shape index (κ2) is 5.51. The van der Waals surface area contributed by atoms with Crippen molar-refractivity contribution in [2.24, 2.45) is 5.73 Å². The standard InChI is InChI=1S/C16H25NO2/c1-4-19-14-7-5-13(6-8-14)16(11-18-12-16)10-9-15(2,3)17/h5-8H,4,9-12,17H2,1-3H3. The summed E-state index contributed by atoms with van der Waals surface area (Å²) in [7, 11) is 0. The normalized spacial score (nSPS) is 17.9. The largest absolute Gasteiger partial charge is 0.494 e. The minimum atomic E-state index is -0.117. The van der Waals surface area contributed by atoms with Gasteiger partial charge >= 0.3 is 0 Å². The van der Waals surface area contributed by atoms with Gasteiger partial charge in [-0.2, -0.15) is 0 Å². The van der Waals surface area contributed by atoms with Crippen molar-refractivity contribution in [3.05, 3.63) is 29.8 Å². The molecule has 19 heavy (non-hydrogen) atoms. The fraction of sp³-hybridized carbons (Fsp3) is 0.625. The number of hydrogen-bond acceptors (Lipinski definition) is 3. The molecular weight excluding hydrogens is 238 g/mol. The SMILES string of the molecule is CCOc1ccc(C2(CCC(C)(C)N)COC2)cc1. The summed E-state index contributed by atoms with van der Waals surface area (Å²) >= 11 is 0. The summed E-state index contributed by atoms with van der Waals surface area (Å²) in [5.41, 5.74) is 7.48. The van der Waals surface area contributed by atoms with Gasteiger partial charge in [0, 0.05) is 11.0 Å². The second-order valence-electron chi connectivity index (χ2n) is 6.22. The van der Waals surface area contributed by atoms with Gasteiger partial charge in [0.1, 0.15) is 5.75 Å². The molecule has 3 heteroatoms. The van der Waals surface area contributed by atoms with E-state index in [2.05, 4.69) is 26.0 Å². The average Bonchev–Trinajstić information content (AvgIpc) is 2.28. The Morgan fingerprint density at radius 2 is 1.89 bits per heavy atom. The van der Waals surface area contributed by atoms with Gasteiger partial charge in [-0.3, -0.25) is 0 Å². The van der Waals surface area contributed by atoms with E-state index in [0.717, 1.165) is 31.8 Å². The first-order chi connectivity index (χ1) is 8.95. The lowest BCUT2D eigenvalue weighted by atomic mass is 9.73. The van der Waals surface area contributed by atoms with Crippen molar-refractivity contribution in [2.45, 2.75) is 44.6 Å². The Morgan fingerprint density at radius 1 is 1.26 bits per heavy atom. The van der Waals surface area contributed by atoms with Gasteiger partial charge in [0.2, 0.25) is 0 Å². The molecule has 0 aromatic heterocycles. The van der Waals surface area contributed by atoms with Crippen molar-refractivity contribution in [2.75, 3.05) is 19.8 Å². The molecule has 0 aliphatic carbocycles. The molecule has 1 aliphatic heterocycles. The maximum atomic E-state index is 6.10. The molecule has 3 nitrogen and oxygen atoms in total. The fourth-order valence-electron chi connectivity index (χ4n) is 2.44. The Hall–Kier alpha value is -1.06. The quantitative estimate of drug-likeness (QED) is 0.858. The van der Waals surface area contributed by atoms with Crippen LogP contribution in [0.25, 0.3) is 0 Å². The smallest absolute Gasteiger partial charge is 0.119 e. The Morgan fingerprint density at radius 3 is 2.32 bits per heavy atom. The van der Waals surface area contributed by atoms with Crippen LogP contribution in [-0.2, 0) is 10.2 Å². The first-order valence-electron chi connectivity index (χ1n) is 7.05. The summed E-state index contributed by atoms with van der Waals surface area (Å²) in [6, 6.07) is 8.42. The lowest BCUT2D eigenvalue weighted by Crippen LogP contribution is -2.48. The molecule has 2 rings (SSSR count). The van der Waals surface area contributed by atoms with Crippen LogP contribution in [0, 0.1) is 0 Å². The van der Waals surface area contributed by atoms with Gasteiger partial charge in [-0.25, -0.2) is 0 Å². The summed E-state index contributed by atoms with van der Waals surface area (Å²) in [6.07, 6.45) is 2.08. The van der Waals surface area contributed by atoms with Crippen LogP contribution >= 0.6 is 0 Å². The van der Waals surface area contributed by atoms with Crippen LogP contribution in [-0.4, -0.2) is 25.4 Å². The maximum Gasteiger partial charge on any atom is 0.119 e. The van der Waals surface area contributed by atoms with Gasteiger partial charge in [0.25, 0.3) is 0 Å². The van der Waals surface area contributed by atoms with E-state index in [0.29, 0.717) is 6.61 Å². The average molecular weight is 263 g/mol. The summed E-state index contributed by atoms with van der Waals surface area (Å²) in [5.74, 6) is 0.931. The van der Waals surface area contributed by atoms with E-state index in [1.54, 1.807) is 0 Å². The monoisotopic (exact) mass is 263 g/mol. The van der Waals surface area contributed by atoms with E-state index in [9.17, 15) is 0 Å². The first kappa shape index (κ1) is 14.4. The van der Waals surface area contributed by atoms with Gasteiger partial charge in [-0.05, 0) is 51.3 Å². The summed E-state index contributed by atoms with van der Waals surface area (Å²) in [5, 5.41) is 0. The molecular formula is C16H25NO2. The van der Waals surface area contributed by atoms with Gasteiger partial charge in [0.15, 0.2) is 0 Å². The predicted octanol–water partition coefficient (Wildman–Crippen LogP) is 2.87. The molecule has 0 amide bonds. The van der Waals surface area contributed by atoms with Crippen molar-refractivity contribution >= 4 is 0 Å². The molecule has 1 aliphatic rings. The maximum absolute atomic E-state index is 6.10. The highest BCUT2D eigenvalue weighted by Crippen LogP contribution is 2.38. The third-order valence-corrected chi connectivity index (χ3v) is 3.78. The Bertz CT molecular complexity index is 402. The zero-order chi connectivity index (χ0) is 13.9. The summed E-state index contributed by atoms with van der Waals surface area (Å²) < 4.78 is 11.0. The molecule has 1 saturated heterocycles. The molecule has 0 bridgehead atoms. The van der Waals surface area contributed by atoms with E-state index in [4.69, 9.17) is 15.2 Å². The highest BCUT2D eigenvalue weighted by atomic mass is 16.5. The molecule has 0 atom stereocenters. The van der Waals surface area contributed by atoms with Crippen LogP contribution in [0.4, 0.5) is 0 Å². The van der Waals surface area contributed by atoms with E-state index >= 15 is 0 Å². The Labute approximate surface area is 116 Å². The van der Waals surface area contributed by atoms with Crippen molar-refractivity contribution in [1.82, 2.24) is 0 Å². The third-order valence-electron chi connectivity index (χ3n) is 3.78. The molecule has 1 heterocycles. The molecule has 0 saturated carbocycles. The van der Waals surface area contributed by atoms with Crippen LogP contribution in [0.5, 0.6) is 5.75 Å². The minimum absolute atomic E-state index is 0.117. The fourth-order valence-corrected chi connectivity index (χ4v) is 2.44. The number of ether oxygens (including phenoxy) is 2.